The zero-order valence-electron chi connectivity index (χ0n) is 10.1. The lowest BCUT2D eigenvalue weighted by atomic mass is 9.97. The molecule has 2 atom stereocenters. The SMILES string of the molecule is CCC(CCC(C)N1CCCC1=O)C(=O)O. The molecule has 1 aliphatic rings. The molecule has 1 aliphatic heterocycles. The number of nitrogens with zero attached hydrogens (tertiary/aromatic N) is 1. The van der Waals surface area contributed by atoms with Crippen molar-refractivity contribution in [3.8, 4) is 0 Å². The Kier molecular flexibility index (Phi) is 4.77. The van der Waals surface area contributed by atoms with E-state index in [0.717, 1.165) is 19.4 Å². The van der Waals surface area contributed by atoms with Gasteiger partial charge in [-0.25, -0.2) is 0 Å². The summed E-state index contributed by atoms with van der Waals surface area (Å²) in [6.45, 7) is 4.74. The Morgan fingerprint density at radius 2 is 2.19 bits per heavy atom. The lowest BCUT2D eigenvalue weighted by Gasteiger charge is -2.25. The van der Waals surface area contributed by atoms with E-state index in [2.05, 4.69) is 0 Å². The van der Waals surface area contributed by atoms with Crippen LogP contribution in [0.1, 0.15) is 46.0 Å². The topological polar surface area (TPSA) is 57.6 Å². The molecule has 16 heavy (non-hydrogen) atoms. The van der Waals surface area contributed by atoms with Gasteiger partial charge in [-0.15, -0.1) is 0 Å². The third-order valence-electron chi connectivity index (χ3n) is 3.42. The third kappa shape index (κ3) is 3.22. The van der Waals surface area contributed by atoms with Crippen molar-refractivity contribution in [2.75, 3.05) is 6.54 Å². The summed E-state index contributed by atoms with van der Waals surface area (Å²) in [4.78, 5) is 24.2. The Hall–Kier alpha value is -1.06. The van der Waals surface area contributed by atoms with E-state index in [1.165, 1.54) is 0 Å². The van der Waals surface area contributed by atoms with Gasteiger partial charge in [0.05, 0.1) is 5.92 Å². The molecule has 92 valence electrons. The van der Waals surface area contributed by atoms with Gasteiger partial charge in [0.1, 0.15) is 0 Å². The predicted octanol–water partition coefficient (Wildman–Crippen LogP) is 1.89. The average molecular weight is 227 g/mol. The minimum atomic E-state index is -0.720. The molecule has 0 aromatic heterocycles. The summed E-state index contributed by atoms with van der Waals surface area (Å²) < 4.78 is 0. The van der Waals surface area contributed by atoms with Gasteiger partial charge in [-0.3, -0.25) is 9.59 Å². The number of amides is 1. The molecule has 0 bridgehead atoms. The molecular weight excluding hydrogens is 206 g/mol. The zero-order valence-corrected chi connectivity index (χ0v) is 10.1. The van der Waals surface area contributed by atoms with Crippen molar-refractivity contribution in [2.24, 2.45) is 5.92 Å². The summed E-state index contributed by atoms with van der Waals surface area (Å²) in [5.41, 5.74) is 0. The Morgan fingerprint density at radius 1 is 1.50 bits per heavy atom. The van der Waals surface area contributed by atoms with Crippen molar-refractivity contribution in [1.82, 2.24) is 4.90 Å². The van der Waals surface area contributed by atoms with Gasteiger partial charge in [0.2, 0.25) is 5.91 Å². The van der Waals surface area contributed by atoms with E-state index in [-0.39, 0.29) is 17.9 Å². The maximum Gasteiger partial charge on any atom is 0.306 e. The molecule has 1 fully saturated rings. The second-order valence-electron chi connectivity index (χ2n) is 4.56. The number of aliphatic carboxylic acids is 1. The second-order valence-corrected chi connectivity index (χ2v) is 4.56. The van der Waals surface area contributed by atoms with Crippen molar-refractivity contribution < 1.29 is 14.7 Å². The molecule has 1 saturated heterocycles. The van der Waals surface area contributed by atoms with Crippen molar-refractivity contribution >= 4 is 11.9 Å². The molecule has 0 radical (unpaired) electrons. The Labute approximate surface area is 96.6 Å². The van der Waals surface area contributed by atoms with Gasteiger partial charge in [-0.1, -0.05) is 6.92 Å². The van der Waals surface area contributed by atoms with Gasteiger partial charge in [0, 0.05) is 19.0 Å². The highest BCUT2D eigenvalue weighted by Gasteiger charge is 2.26. The number of rotatable bonds is 6. The highest BCUT2D eigenvalue weighted by Crippen LogP contribution is 2.19. The van der Waals surface area contributed by atoms with Crippen LogP contribution in [0.25, 0.3) is 0 Å². The standard InChI is InChI=1S/C12H21NO3/c1-3-10(12(15)16)7-6-9(2)13-8-4-5-11(13)14/h9-10H,3-8H2,1-2H3,(H,15,16). The molecule has 1 N–H and O–H groups in total. The number of carbonyl (C=O) groups is 2. The molecule has 2 unspecified atom stereocenters. The van der Waals surface area contributed by atoms with Crippen LogP contribution in [0.5, 0.6) is 0 Å². The lowest BCUT2D eigenvalue weighted by Crippen LogP contribution is -2.34. The quantitative estimate of drug-likeness (QED) is 0.753. The monoisotopic (exact) mass is 227 g/mol. The number of carboxylic acids is 1. The van der Waals surface area contributed by atoms with Crippen molar-refractivity contribution in [3.05, 3.63) is 0 Å². The largest absolute Gasteiger partial charge is 0.481 e. The highest BCUT2D eigenvalue weighted by molar-refractivity contribution is 5.78. The predicted molar refractivity (Wildman–Crippen MR) is 61.1 cm³/mol. The summed E-state index contributed by atoms with van der Waals surface area (Å²) in [5, 5.41) is 8.92. The van der Waals surface area contributed by atoms with Gasteiger partial charge < -0.3 is 10.0 Å². The zero-order chi connectivity index (χ0) is 12.1. The van der Waals surface area contributed by atoms with Gasteiger partial charge in [0.25, 0.3) is 0 Å². The van der Waals surface area contributed by atoms with Crippen LogP contribution in [0.2, 0.25) is 0 Å². The van der Waals surface area contributed by atoms with Crippen molar-refractivity contribution in [2.45, 2.75) is 52.0 Å². The summed E-state index contributed by atoms with van der Waals surface area (Å²) in [7, 11) is 0. The summed E-state index contributed by atoms with van der Waals surface area (Å²) >= 11 is 0. The number of carbonyl (C=O) groups excluding carboxylic acids is 1. The Bertz CT molecular complexity index is 265. The van der Waals surface area contributed by atoms with Gasteiger partial charge >= 0.3 is 5.97 Å². The molecule has 0 aromatic rings. The maximum atomic E-state index is 11.5. The summed E-state index contributed by atoms with van der Waals surface area (Å²) in [5.74, 6) is -0.765. The van der Waals surface area contributed by atoms with Crippen molar-refractivity contribution in [3.63, 3.8) is 0 Å². The van der Waals surface area contributed by atoms with E-state index in [4.69, 9.17) is 5.11 Å². The molecule has 0 aromatic carbocycles. The number of hydrogen-bond donors (Lipinski definition) is 1. The molecule has 0 aliphatic carbocycles. The first-order chi connectivity index (χ1) is 7.56. The molecule has 4 heteroatoms. The van der Waals surface area contributed by atoms with Crippen LogP contribution >= 0.6 is 0 Å². The van der Waals surface area contributed by atoms with E-state index in [1.54, 1.807) is 0 Å². The second kappa shape index (κ2) is 5.87. The minimum absolute atomic E-state index is 0.184. The Balaban J connectivity index is 2.36. The number of carboxylic acid groups (broad SMARTS) is 1. The van der Waals surface area contributed by atoms with Crippen LogP contribution in [0, 0.1) is 5.92 Å². The van der Waals surface area contributed by atoms with Crippen LogP contribution in [0.3, 0.4) is 0 Å². The van der Waals surface area contributed by atoms with Gasteiger partial charge in [-0.2, -0.15) is 0 Å². The summed E-state index contributed by atoms with van der Waals surface area (Å²) in [6.07, 6.45) is 3.71. The fourth-order valence-electron chi connectivity index (χ4n) is 2.24. The van der Waals surface area contributed by atoms with Crippen LogP contribution in [0.4, 0.5) is 0 Å². The lowest BCUT2D eigenvalue weighted by molar-refractivity contribution is -0.142. The first kappa shape index (κ1) is 13.0. The van der Waals surface area contributed by atoms with Crippen LogP contribution in [-0.2, 0) is 9.59 Å². The molecule has 0 spiro atoms. The average Bonchev–Trinajstić information content (AvgIpc) is 2.64. The maximum absolute atomic E-state index is 11.5. The van der Waals surface area contributed by atoms with E-state index in [9.17, 15) is 9.59 Å². The van der Waals surface area contributed by atoms with Crippen LogP contribution in [0.15, 0.2) is 0 Å². The first-order valence-corrected chi connectivity index (χ1v) is 6.08. The minimum Gasteiger partial charge on any atom is -0.481 e. The molecule has 1 heterocycles. The van der Waals surface area contributed by atoms with Gasteiger partial charge in [0.15, 0.2) is 0 Å². The number of hydrogen-bond acceptors (Lipinski definition) is 2. The smallest absolute Gasteiger partial charge is 0.306 e. The molecule has 0 saturated carbocycles. The molecule has 4 nitrogen and oxygen atoms in total. The van der Waals surface area contributed by atoms with Crippen LogP contribution < -0.4 is 0 Å². The molecule has 1 amide bonds. The van der Waals surface area contributed by atoms with Crippen molar-refractivity contribution in [1.29, 1.82) is 0 Å². The molecular formula is C12H21NO3. The van der Waals surface area contributed by atoms with E-state index < -0.39 is 5.97 Å². The number of likely N-dealkylation sites (tertiary alicyclic amines) is 1. The van der Waals surface area contributed by atoms with E-state index in [1.807, 2.05) is 18.7 Å². The third-order valence-corrected chi connectivity index (χ3v) is 3.42. The Morgan fingerprint density at radius 3 is 2.62 bits per heavy atom. The highest BCUT2D eigenvalue weighted by atomic mass is 16.4. The van der Waals surface area contributed by atoms with E-state index in [0.29, 0.717) is 19.3 Å². The fourth-order valence-corrected chi connectivity index (χ4v) is 2.24. The normalized spacial score (nSPS) is 19.9. The van der Waals surface area contributed by atoms with Gasteiger partial charge in [-0.05, 0) is 32.6 Å². The van der Waals surface area contributed by atoms with Crippen LogP contribution in [-0.4, -0.2) is 34.5 Å². The summed E-state index contributed by atoms with van der Waals surface area (Å²) in [6, 6.07) is 0.184. The molecule has 1 rings (SSSR count). The van der Waals surface area contributed by atoms with E-state index >= 15 is 0 Å². The fraction of sp³-hybridized carbons (Fsp3) is 0.833. The first-order valence-electron chi connectivity index (χ1n) is 6.08.